The summed E-state index contributed by atoms with van der Waals surface area (Å²) < 4.78 is 77.6. The molecule has 0 heterocycles. The van der Waals surface area contributed by atoms with Crippen molar-refractivity contribution in [2.75, 3.05) is 0 Å². The Labute approximate surface area is 130 Å². The first-order valence-electron chi connectivity index (χ1n) is 8.08. The minimum atomic E-state index is -5.69. The van der Waals surface area contributed by atoms with Crippen molar-refractivity contribution in [3.8, 4) is 0 Å². The second-order valence-electron chi connectivity index (χ2n) is 8.79. The molecule has 7 heteroatoms. The molecule has 0 bridgehead atoms. The lowest BCUT2D eigenvalue weighted by molar-refractivity contribution is -0.376. The van der Waals surface area contributed by atoms with Gasteiger partial charge in [0.2, 0.25) is 0 Å². The van der Waals surface area contributed by atoms with Crippen LogP contribution in [0.5, 0.6) is 0 Å². The Balaban J connectivity index is 1.59. The van der Waals surface area contributed by atoms with Gasteiger partial charge in [0.1, 0.15) is 0 Å². The lowest BCUT2D eigenvalue weighted by Crippen LogP contribution is -2.60. The summed E-state index contributed by atoms with van der Waals surface area (Å²) in [5.74, 6) is 0.890. The molecule has 4 rings (SSSR count). The third kappa shape index (κ3) is 1.48. The Morgan fingerprint density at radius 1 is 0.957 bits per heavy atom. The Kier molecular flexibility index (Phi) is 2.58. The highest BCUT2D eigenvalue weighted by atomic mass is 19.4. The Morgan fingerprint density at radius 2 is 1.48 bits per heavy atom. The highest BCUT2D eigenvalue weighted by molar-refractivity contribution is 5.38. The van der Waals surface area contributed by atoms with Crippen LogP contribution in [0.1, 0.15) is 33.6 Å². The van der Waals surface area contributed by atoms with Crippen LogP contribution in [-0.4, -0.2) is 23.1 Å². The van der Waals surface area contributed by atoms with Crippen molar-refractivity contribution in [3.05, 3.63) is 0 Å². The van der Waals surface area contributed by atoms with Crippen molar-refractivity contribution in [2.45, 2.75) is 51.6 Å². The van der Waals surface area contributed by atoms with Gasteiger partial charge in [0.15, 0.2) is 0 Å². The van der Waals surface area contributed by atoms with Gasteiger partial charge in [-0.2, -0.15) is 26.3 Å². The van der Waals surface area contributed by atoms with E-state index in [4.69, 9.17) is 0 Å². The highest BCUT2D eigenvalue weighted by Crippen LogP contribution is 2.95. The predicted octanol–water partition coefficient (Wildman–Crippen LogP) is 4.41. The summed E-state index contributed by atoms with van der Waals surface area (Å²) in [6.07, 6.45) is -12.2. The average molecular weight is 342 g/mol. The van der Waals surface area contributed by atoms with Gasteiger partial charge >= 0.3 is 12.4 Å². The van der Waals surface area contributed by atoms with E-state index in [-0.39, 0.29) is 28.6 Å². The zero-order valence-electron chi connectivity index (χ0n) is 13.1. The molecule has 1 N–H and O–H groups in total. The van der Waals surface area contributed by atoms with Crippen LogP contribution in [0.15, 0.2) is 0 Å². The van der Waals surface area contributed by atoms with Gasteiger partial charge in [0.25, 0.3) is 5.60 Å². The molecule has 4 fully saturated rings. The van der Waals surface area contributed by atoms with Crippen LogP contribution in [-0.2, 0) is 0 Å². The summed E-state index contributed by atoms with van der Waals surface area (Å²) in [6.45, 7) is 6.24. The molecule has 7 unspecified atom stereocenters. The zero-order valence-corrected chi connectivity index (χ0v) is 13.1. The molecule has 0 saturated heterocycles. The van der Waals surface area contributed by atoms with E-state index in [1.165, 1.54) is 0 Å². The lowest BCUT2D eigenvalue weighted by Gasteiger charge is -2.50. The van der Waals surface area contributed by atoms with Gasteiger partial charge in [0.05, 0.1) is 0 Å². The van der Waals surface area contributed by atoms with E-state index in [1.54, 1.807) is 0 Å². The van der Waals surface area contributed by atoms with E-state index in [1.807, 2.05) is 6.92 Å². The monoisotopic (exact) mass is 342 g/mol. The van der Waals surface area contributed by atoms with Gasteiger partial charge in [-0.05, 0) is 59.2 Å². The first kappa shape index (κ1) is 16.0. The predicted molar refractivity (Wildman–Crippen MR) is 69.1 cm³/mol. The third-order valence-electron chi connectivity index (χ3n) is 7.98. The number of hydrogen-bond donors (Lipinski definition) is 1. The molecule has 0 amide bonds. The lowest BCUT2D eigenvalue weighted by atomic mass is 9.55. The van der Waals surface area contributed by atoms with E-state index in [9.17, 15) is 31.4 Å². The van der Waals surface area contributed by atoms with E-state index in [0.717, 1.165) is 0 Å². The number of alkyl halides is 6. The highest BCUT2D eigenvalue weighted by Gasteiger charge is 2.91. The maximum absolute atomic E-state index is 12.9. The number of hydrogen-bond acceptors (Lipinski definition) is 1. The standard InChI is InChI=1S/C16H20F6O/c1-6-9-11-10(12(11,2)3)8-4-7(14(6,8)9)5-13(23,15(17,18)19)16(20,21)22/h6-11,23H,4-5H2,1-3H3. The van der Waals surface area contributed by atoms with Crippen LogP contribution in [0.25, 0.3) is 0 Å². The van der Waals surface area contributed by atoms with Gasteiger partial charge in [-0.3, -0.25) is 0 Å². The summed E-state index contributed by atoms with van der Waals surface area (Å²) in [6, 6.07) is 0. The fourth-order valence-corrected chi connectivity index (χ4v) is 7.00. The third-order valence-corrected chi connectivity index (χ3v) is 7.98. The normalized spacial score (nSPS) is 49.8. The van der Waals surface area contributed by atoms with E-state index in [0.29, 0.717) is 18.3 Å². The maximum atomic E-state index is 12.9. The van der Waals surface area contributed by atoms with Crippen molar-refractivity contribution >= 4 is 0 Å². The molecule has 0 aromatic carbocycles. The second kappa shape index (κ2) is 3.70. The minimum Gasteiger partial charge on any atom is -0.374 e. The van der Waals surface area contributed by atoms with E-state index < -0.39 is 30.3 Å². The van der Waals surface area contributed by atoms with Crippen molar-refractivity contribution < 1.29 is 31.4 Å². The van der Waals surface area contributed by atoms with Crippen molar-refractivity contribution in [3.63, 3.8) is 0 Å². The van der Waals surface area contributed by atoms with Gasteiger partial charge in [0, 0.05) is 0 Å². The van der Waals surface area contributed by atoms with Crippen molar-refractivity contribution in [1.29, 1.82) is 0 Å². The Bertz CT molecular complexity index is 546. The largest absolute Gasteiger partial charge is 0.426 e. The van der Waals surface area contributed by atoms with Gasteiger partial charge in [-0.15, -0.1) is 0 Å². The smallest absolute Gasteiger partial charge is 0.374 e. The summed E-state index contributed by atoms with van der Waals surface area (Å²) in [7, 11) is 0. The number of rotatable bonds is 2. The average Bonchev–Trinajstić information content (AvgIpc) is 3.07. The van der Waals surface area contributed by atoms with Gasteiger partial charge in [-0.25, -0.2) is 0 Å². The van der Waals surface area contributed by atoms with Crippen LogP contribution < -0.4 is 0 Å². The molecule has 7 atom stereocenters. The molecule has 132 valence electrons. The summed E-state index contributed by atoms with van der Waals surface area (Å²) in [5.41, 5.74) is -4.77. The fourth-order valence-electron chi connectivity index (χ4n) is 7.00. The SMILES string of the molecule is CC1C2C3C(C4CC(CC(O)(C(F)(F)F)C(F)(F)F)C142)C3(C)C. The zero-order chi connectivity index (χ0) is 17.4. The summed E-state index contributed by atoms with van der Waals surface area (Å²) in [5, 5.41) is 9.49. The maximum Gasteiger partial charge on any atom is 0.426 e. The van der Waals surface area contributed by atoms with Crippen molar-refractivity contribution in [1.82, 2.24) is 0 Å². The van der Waals surface area contributed by atoms with E-state index >= 15 is 0 Å². The molecule has 4 aliphatic carbocycles. The molecule has 0 aromatic heterocycles. The molecule has 4 aliphatic rings. The molecular formula is C16H20F6O. The summed E-state index contributed by atoms with van der Waals surface area (Å²) in [4.78, 5) is 0. The van der Waals surface area contributed by atoms with Gasteiger partial charge in [-0.1, -0.05) is 20.8 Å². The van der Waals surface area contributed by atoms with E-state index in [2.05, 4.69) is 13.8 Å². The van der Waals surface area contributed by atoms with Crippen molar-refractivity contribution in [2.24, 2.45) is 46.3 Å². The van der Waals surface area contributed by atoms with Gasteiger partial charge < -0.3 is 5.11 Å². The Hall–Kier alpha value is -0.460. The molecule has 1 nitrogen and oxygen atoms in total. The fraction of sp³-hybridized carbons (Fsp3) is 1.00. The number of aliphatic hydroxyl groups is 1. The quantitative estimate of drug-likeness (QED) is 0.737. The second-order valence-corrected chi connectivity index (χ2v) is 8.79. The molecule has 0 aliphatic heterocycles. The Morgan fingerprint density at radius 3 is 1.91 bits per heavy atom. The first-order valence-corrected chi connectivity index (χ1v) is 8.08. The molecule has 23 heavy (non-hydrogen) atoms. The topological polar surface area (TPSA) is 20.2 Å². The number of fused-ring (bicyclic) bond motifs is 3. The van der Waals surface area contributed by atoms with Crippen LogP contribution in [0, 0.1) is 46.3 Å². The molecular weight excluding hydrogens is 322 g/mol. The molecule has 0 radical (unpaired) electrons. The van der Waals surface area contributed by atoms with Crippen LogP contribution in [0.4, 0.5) is 26.3 Å². The summed E-state index contributed by atoms with van der Waals surface area (Å²) >= 11 is 0. The molecule has 0 aromatic rings. The minimum absolute atomic E-state index is 0.179. The molecule has 1 spiro atoms. The van der Waals surface area contributed by atoms with Crippen LogP contribution >= 0.6 is 0 Å². The first-order chi connectivity index (χ1) is 10.2. The van der Waals surface area contributed by atoms with Crippen LogP contribution in [0.3, 0.4) is 0 Å². The molecule has 4 saturated carbocycles. The number of halogens is 6. The van der Waals surface area contributed by atoms with Crippen LogP contribution in [0.2, 0.25) is 0 Å².